The van der Waals surface area contributed by atoms with Gasteiger partial charge in [0.15, 0.2) is 0 Å². The summed E-state index contributed by atoms with van der Waals surface area (Å²) in [7, 11) is 0. The van der Waals surface area contributed by atoms with Crippen molar-refractivity contribution in [2.45, 2.75) is 91.7 Å². The lowest BCUT2D eigenvalue weighted by molar-refractivity contribution is -0.148. The molecule has 4 heteroatoms. The van der Waals surface area contributed by atoms with Crippen LogP contribution in [0.25, 0.3) is 0 Å². The average molecular weight is 478 g/mol. The van der Waals surface area contributed by atoms with E-state index in [1.165, 1.54) is 32.6 Å². The maximum Gasteiger partial charge on any atom is 0.302 e. The molecule has 0 bridgehead atoms. The molecule has 190 valence electrons. The van der Waals surface area contributed by atoms with Crippen LogP contribution in [0.3, 0.4) is 0 Å². The van der Waals surface area contributed by atoms with Crippen molar-refractivity contribution in [2.24, 2.45) is 40.4 Å². The third-order valence-electron chi connectivity index (χ3n) is 10.8. The molecular formula is C31H43NO3. The van der Waals surface area contributed by atoms with E-state index in [9.17, 15) is 9.59 Å². The number of rotatable bonds is 5. The van der Waals surface area contributed by atoms with E-state index >= 15 is 0 Å². The van der Waals surface area contributed by atoms with E-state index in [-0.39, 0.29) is 34.7 Å². The Labute approximate surface area is 211 Å². The van der Waals surface area contributed by atoms with E-state index < -0.39 is 0 Å². The zero-order chi connectivity index (χ0) is 24.8. The number of carbonyl (C=O) groups is 2. The first kappa shape index (κ1) is 24.6. The summed E-state index contributed by atoms with van der Waals surface area (Å²) in [6.07, 6.45) is 11.7. The molecule has 35 heavy (non-hydrogen) atoms. The van der Waals surface area contributed by atoms with Gasteiger partial charge in [0.05, 0.1) is 0 Å². The minimum atomic E-state index is -0.153. The lowest BCUT2D eigenvalue weighted by Crippen LogP contribution is -2.51. The fourth-order valence-corrected chi connectivity index (χ4v) is 8.95. The minimum absolute atomic E-state index is 0.0507. The van der Waals surface area contributed by atoms with E-state index in [2.05, 4.69) is 44.3 Å². The van der Waals surface area contributed by atoms with Crippen LogP contribution in [0.15, 0.2) is 42.0 Å². The molecule has 3 saturated carbocycles. The van der Waals surface area contributed by atoms with Crippen LogP contribution >= 0.6 is 0 Å². The zero-order valence-corrected chi connectivity index (χ0v) is 22.0. The molecule has 0 spiro atoms. The molecule has 3 fully saturated rings. The number of amides is 1. The highest BCUT2D eigenvalue weighted by atomic mass is 16.5. The van der Waals surface area contributed by atoms with Crippen molar-refractivity contribution in [3.05, 3.63) is 47.5 Å². The first-order chi connectivity index (χ1) is 16.7. The fourth-order valence-electron chi connectivity index (χ4n) is 8.95. The summed E-state index contributed by atoms with van der Waals surface area (Å²) in [4.78, 5) is 24.7. The summed E-state index contributed by atoms with van der Waals surface area (Å²) in [6.45, 7) is 9.31. The quantitative estimate of drug-likeness (QED) is 0.392. The molecule has 0 radical (unpaired) electrons. The molecule has 0 heterocycles. The first-order valence-corrected chi connectivity index (χ1v) is 13.9. The monoisotopic (exact) mass is 477 g/mol. The normalized spacial score (nSPS) is 38.9. The van der Waals surface area contributed by atoms with Gasteiger partial charge in [0.1, 0.15) is 6.10 Å². The first-order valence-electron chi connectivity index (χ1n) is 13.9. The molecule has 1 amide bonds. The van der Waals surface area contributed by atoms with Crippen molar-refractivity contribution in [3.8, 4) is 0 Å². The number of nitrogens with one attached hydrogen (secondary N) is 1. The lowest BCUT2D eigenvalue weighted by Gasteiger charge is -2.58. The van der Waals surface area contributed by atoms with Gasteiger partial charge in [0.2, 0.25) is 5.91 Å². The highest BCUT2D eigenvalue weighted by Crippen LogP contribution is 2.67. The van der Waals surface area contributed by atoms with E-state index in [1.54, 1.807) is 5.57 Å². The van der Waals surface area contributed by atoms with Crippen molar-refractivity contribution in [1.29, 1.82) is 0 Å². The Morgan fingerprint density at radius 1 is 1.06 bits per heavy atom. The molecule has 1 aromatic carbocycles. The Hall–Kier alpha value is -2.10. The van der Waals surface area contributed by atoms with Crippen LogP contribution in [0.4, 0.5) is 0 Å². The molecule has 4 nitrogen and oxygen atoms in total. The number of carbonyl (C=O) groups excluding carboxylic acids is 2. The van der Waals surface area contributed by atoms with Gasteiger partial charge in [-0.05, 0) is 85.0 Å². The number of ether oxygens (including phenoxy) is 1. The van der Waals surface area contributed by atoms with Gasteiger partial charge in [-0.25, -0.2) is 0 Å². The molecule has 1 aromatic rings. The van der Waals surface area contributed by atoms with Gasteiger partial charge >= 0.3 is 5.97 Å². The second-order valence-electron chi connectivity index (χ2n) is 12.5. The average Bonchev–Trinajstić information content (AvgIpc) is 3.19. The summed E-state index contributed by atoms with van der Waals surface area (Å²) in [5.74, 6) is 2.72. The smallest absolute Gasteiger partial charge is 0.302 e. The molecule has 0 aromatic heterocycles. The highest BCUT2D eigenvalue weighted by molar-refractivity contribution is 5.78. The van der Waals surface area contributed by atoms with Crippen LogP contribution in [0.2, 0.25) is 0 Å². The Balaban J connectivity index is 1.28. The topological polar surface area (TPSA) is 55.4 Å². The van der Waals surface area contributed by atoms with E-state index in [1.807, 2.05) is 18.2 Å². The Bertz CT molecular complexity index is 986. The van der Waals surface area contributed by atoms with Crippen molar-refractivity contribution in [1.82, 2.24) is 5.32 Å². The molecular weight excluding hydrogens is 434 g/mol. The largest absolute Gasteiger partial charge is 0.462 e. The molecule has 0 aliphatic heterocycles. The SMILES string of the molecule is CC(=O)O[C@H]1CC[C@@]2(C)C(=CCC3C2CC[C@@]2(C)C3CC[C@@H]2C(C)C(=O)NCc2ccccc2)C1. The van der Waals surface area contributed by atoms with Gasteiger partial charge in [-0.1, -0.05) is 62.8 Å². The number of hydrogen-bond acceptors (Lipinski definition) is 3. The molecule has 5 rings (SSSR count). The predicted octanol–water partition coefficient (Wildman–Crippen LogP) is 6.45. The molecule has 1 N–H and O–H groups in total. The summed E-state index contributed by atoms with van der Waals surface area (Å²) in [6, 6.07) is 10.2. The van der Waals surface area contributed by atoms with Crippen molar-refractivity contribution in [2.75, 3.05) is 0 Å². The summed E-state index contributed by atoms with van der Waals surface area (Å²) >= 11 is 0. The lowest BCUT2D eigenvalue weighted by atomic mass is 9.47. The molecule has 4 unspecified atom stereocenters. The number of hydrogen-bond donors (Lipinski definition) is 1. The van der Waals surface area contributed by atoms with Crippen LogP contribution in [-0.4, -0.2) is 18.0 Å². The third-order valence-corrected chi connectivity index (χ3v) is 10.8. The Morgan fingerprint density at radius 3 is 2.57 bits per heavy atom. The van der Waals surface area contributed by atoms with Gasteiger partial charge in [0, 0.05) is 25.8 Å². The highest BCUT2D eigenvalue weighted by Gasteiger charge is 2.59. The second-order valence-corrected chi connectivity index (χ2v) is 12.5. The van der Waals surface area contributed by atoms with Crippen LogP contribution in [0.5, 0.6) is 0 Å². The van der Waals surface area contributed by atoms with Crippen LogP contribution in [0.1, 0.15) is 84.6 Å². The number of allylic oxidation sites excluding steroid dienone is 1. The maximum absolute atomic E-state index is 13.2. The van der Waals surface area contributed by atoms with Gasteiger partial charge in [-0.3, -0.25) is 9.59 Å². The summed E-state index contributed by atoms with van der Waals surface area (Å²) < 4.78 is 5.60. The number of fused-ring (bicyclic) bond motifs is 5. The molecule has 4 aliphatic rings. The number of benzene rings is 1. The van der Waals surface area contributed by atoms with Gasteiger partial charge < -0.3 is 10.1 Å². The fraction of sp³-hybridized carbons (Fsp3) is 0.677. The molecule has 8 atom stereocenters. The molecule has 0 saturated heterocycles. The standard InChI is InChI=1S/C31H43NO3/c1-20(29(34)32-19-22-8-6-5-7-9-22)26-12-13-27-25-11-10-23-18-24(35-21(2)33)14-16-30(23,3)28(25)15-17-31(26,27)4/h5-10,20,24-28H,11-19H2,1-4H3,(H,32,34)/t20?,24-,25?,26+,27?,28?,30-,31+/m0/s1. The van der Waals surface area contributed by atoms with Crippen molar-refractivity contribution >= 4 is 11.9 Å². The van der Waals surface area contributed by atoms with Gasteiger partial charge in [-0.15, -0.1) is 0 Å². The van der Waals surface area contributed by atoms with Crippen molar-refractivity contribution in [3.63, 3.8) is 0 Å². The molecule has 4 aliphatic carbocycles. The van der Waals surface area contributed by atoms with E-state index in [0.717, 1.165) is 43.1 Å². The Kier molecular flexibility index (Phi) is 6.61. The van der Waals surface area contributed by atoms with E-state index in [4.69, 9.17) is 4.74 Å². The third kappa shape index (κ3) is 4.36. The predicted molar refractivity (Wildman–Crippen MR) is 138 cm³/mol. The zero-order valence-electron chi connectivity index (χ0n) is 22.0. The minimum Gasteiger partial charge on any atom is -0.462 e. The maximum atomic E-state index is 13.2. The van der Waals surface area contributed by atoms with Crippen LogP contribution in [-0.2, 0) is 20.9 Å². The number of esters is 1. The van der Waals surface area contributed by atoms with Gasteiger partial charge in [0.25, 0.3) is 0 Å². The Morgan fingerprint density at radius 2 is 1.83 bits per heavy atom. The second kappa shape index (κ2) is 9.41. The summed E-state index contributed by atoms with van der Waals surface area (Å²) in [5.41, 5.74) is 3.20. The summed E-state index contributed by atoms with van der Waals surface area (Å²) in [5, 5.41) is 3.22. The van der Waals surface area contributed by atoms with Crippen LogP contribution < -0.4 is 5.32 Å². The van der Waals surface area contributed by atoms with Crippen molar-refractivity contribution < 1.29 is 14.3 Å². The van der Waals surface area contributed by atoms with E-state index in [0.29, 0.717) is 18.4 Å². The van der Waals surface area contributed by atoms with Crippen LogP contribution in [0, 0.1) is 40.4 Å². The van der Waals surface area contributed by atoms with Gasteiger partial charge in [-0.2, -0.15) is 0 Å².